The highest BCUT2D eigenvalue weighted by Crippen LogP contribution is 2.25. The summed E-state index contributed by atoms with van der Waals surface area (Å²) >= 11 is 0. The average Bonchev–Trinajstić information content (AvgIpc) is 2.82. The van der Waals surface area contributed by atoms with Gasteiger partial charge in [0.05, 0.1) is 20.1 Å². The zero-order valence-electron chi connectivity index (χ0n) is 19.8. The molecular weight excluding hydrogens is 412 g/mol. The maximum Gasteiger partial charge on any atom is 0.258 e. The van der Waals surface area contributed by atoms with E-state index >= 15 is 0 Å². The normalized spacial score (nSPS) is 10.7. The third-order valence-corrected chi connectivity index (χ3v) is 5.38. The van der Waals surface area contributed by atoms with Gasteiger partial charge in [-0.1, -0.05) is 61.9 Å². The molecule has 0 fully saturated rings. The number of aryl methyl sites for hydroxylation is 1. The Hall–Kier alpha value is -3.60. The second kappa shape index (κ2) is 11.3. The number of para-hydroxylation sites is 1. The van der Waals surface area contributed by atoms with Crippen molar-refractivity contribution in [2.75, 3.05) is 18.6 Å². The molecule has 0 aromatic heterocycles. The van der Waals surface area contributed by atoms with Crippen molar-refractivity contribution in [2.24, 2.45) is 5.92 Å². The molecule has 172 valence electrons. The molecule has 0 aliphatic carbocycles. The maximum atomic E-state index is 13.5. The van der Waals surface area contributed by atoms with E-state index in [9.17, 15) is 9.59 Å². The predicted octanol–water partition coefficient (Wildman–Crippen LogP) is 5.17. The summed E-state index contributed by atoms with van der Waals surface area (Å²) in [7, 11) is 1.63. The van der Waals surface area contributed by atoms with E-state index in [4.69, 9.17) is 4.74 Å². The predicted molar refractivity (Wildman–Crippen MR) is 133 cm³/mol. The van der Waals surface area contributed by atoms with Crippen LogP contribution in [0.15, 0.2) is 72.8 Å². The average molecular weight is 445 g/mol. The van der Waals surface area contributed by atoms with Gasteiger partial charge in [-0.05, 0) is 48.7 Å². The van der Waals surface area contributed by atoms with Gasteiger partial charge in [0, 0.05) is 23.4 Å². The van der Waals surface area contributed by atoms with Gasteiger partial charge >= 0.3 is 0 Å². The standard InChI is InChI=1S/C28H32N2O3/c1-20(2)18-29-27(31)17-22-11-15-25(16-12-22)30(19-24-7-5-6-8-26(24)33-4)28(32)23-13-9-21(3)10-14-23/h5-16,20H,17-19H2,1-4H3,(H,29,31). The first-order valence-electron chi connectivity index (χ1n) is 11.2. The molecule has 0 aliphatic rings. The Balaban J connectivity index is 1.86. The lowest BCUT2D eigenvalue weighted by molar-refractivity contribution is -0.120. The molecule has 0 bridgehead atoms. The summed E-state index contributed by atoms with van der Waals surface area (Å²) in [4.78, 5) is 27.4. The van der Waals surface area contributed by atoms with Crippen LogP contribution in [0.4, 0.5) is 5.69 Å². The Kier molecular flexibility index (Phi) is 8.25. The molecule has 0 spiro atoms. The molecule has 3 rings (SSSR count). The molecule has 0 saturated heterocycles. The quantitative estimate of drug-likeness (QED) is 0.496. The van der Waals surface area contributed by atoms with Crippen molar-refractivity contribution < 1.29 is 14.3 Å². The van der Waals surface area contributed by atoms with E-state index in [1.807, 2.05) is 79.7 Å². The number of nitrogens with zero attached hydrogens (tertiary/aromatic N) is 1. The Labute approximate surface area is 196 Å². The zero-order valence-corrected chi connectivity index (χ0v) is 19.8. The minimum Gasteiger partial charge on any atom is -0.496 e. The zero-order chi connectivity index (χ0) is 23.8. The van der Waals surface area contributed by atoms with E-state index in [2.05, 4.69) is 19.2 Å². The minimum atomic E-state index is -0.0941. The molecule has 0 saturated carbocycles. The fraction of sp³-hybridized carbons (Fsp3) is 0.286. The van der Waals surface area contributed by atoms with Crippen LogP contribution in [0.1, 0.15) is 40.9 Å². The molecule has 33 heavy (non-hydrogen) atoms. The van der Waals surface area contributed by atoms with Crippen LogP contribution in [0.2, 0.25) is 0 Å². The van der Waals surface area contributed by atoms with E-state index in [1.54, 1.807) is 12.0 Å². The fourth-order valence-electron chi connectivity index (χ4n) is 3.50. The van der Waals surface area contributed by atoms with E-state index in [0.717, 1.165) is 28.1 Å². The van der Waals surface area contributed by atoms with E-state index in [-0.39, 0.29) is 11.8 Å². The van der Waals surface area contributed by atoms with Crippen LogP contribution in [-0.2, 0) is 17.8 Å². The minimum absolute atomic E-state index is 0.00180. The number of rotatable bonds is 9. The summed E-state index contributed by atoms with van der Waals surface area (Å²) in [5.74, 6) is 1.05. The SMILES string of the molecule is COc1ccccc1CN(C(=O)c1ccc(C)cc1)c1ccc(CC(=O)NCC(C)C)cc1. The second-order valence-corrected chi connectivity index (χ2v) is 8.61. The molecule has 0 heterocycles. The van der Waals surface area contributed by atoms with Crippen molar-refractivity contribution >= 4 is 17.5 Å². The molecular formula is C28H32N2O3. The third kappa shape index (κ3) is 6.69. The van der Waals surface area contributed by atoms with Crippen molar-refractivity contribution in [3.05, 3.63) is 95.1 Å². The first kappa shape index (κ1) is 24.1. The maximum absolute atomic E-state index is 13.5. The molecule has 5 nitrogen and oxygen atoms in total. The monoisotopic (exact) mass is 444 g/mol. The van der Waals surface area contributed by atoms with Gasteiger partial charge in [-0.25, -0.2) is 0 Å². The lowest BCUT2D eigenvalue weighted by Crippen LogP contribution is -2.31. The van der Waals surface area contributed by atoms with Crippen molar-refractivity contribution in [1.82, 2.24) is 5.32 Å². The van der Waals surface area contributed by atoms with Crippen LogP contribution >= 0.6 is 0 Å². The fourth-order valence-corrected chi connectivity index (χ4v) is 3.50. The van der Waals surface area contributed by atoms with Gasteiger partial charge in [0.15, 0.2) is 0 Å². The number of carbonyl (C=O) groups excluding carboxylic acids is 2. The first-order chi connectivity index (χ1) is 15.9. The summed E-state index contributed by atoms with van der Waals surface area (Å²) in [6.45, 7) is 7.16. The molecule has 2 amide bonds. The topological polar surface area (TPSA) is 58.6 Å². The van der Waals surface area contributed by atoms with Gasteiger partial charge in [0.2, 0.25) is 5.91 Å². The highest BCUT2D eigenvalue weighted by Gasteiger charge is 2.20. The van der Waals surface area contributed by atoms with Crippen LogP contribution in [0.25, 0.3) is 0 Å². The van der Waals surface area contributed by atoms with Gasteiger partial charge in [-0.3, -0.25) is 9.59 Å². The smallest absolute Gasteiger partial charge is 0.258 e. The Morgan fingerprint density at radius 2 is 1.61 bits per heavy atom. The van der Waals surface area contributed by atoms with E-state index in [1.165, 1.54) is 0 Å². The number of nitrogens with one attached hydrogen (secondary N) is 1. The largest absolute Gasteiger partial charge is 0.496 e. The number of anilines is 1. The second-order valence-electron chi connectivity index (χ2n) is 8.61. The van der Waals surface area contributed by atoms with Gasteiger partial charge in [-0.15, -0.1) is 0 Å². The van der Waals surface area contributed by atoms with Crippen LogP contribution in [-0.4, -0.2) is 25.5 Å². The number of benzene rings is 3. The van der Waals surface area contributed by atoms with Crippen molar-refractivity contribution in [3.8, 4) is 5.75 Å². The molecule has 0 aliphatic heterocycles. The number of hydrogen-bond donors (Lipinski definition) is 1. The summed E-state index contributed by atoms with van der Waals surface area (Å²) < 4.78 is 5.50. The Bertz CT molecular complexity index is 1070. The first-order valence-corrected chi connectivity index (χ1v) is 11.2. The van der Waals surface area contributed by atoms with Crippen molar-refractivity contribution in [1.29, 1.82) is 0 Å². The highest BCUT2D eigenvalue weighted by molar-refractivity contribution is 6.06. The van der Waals surface area contributed by atoms with Gasteiger partial charge in [0.1, 0.15) is 5.75 Å². The molecule has 0 radical (unpaired) electrons. The van der Waals surface area contributed by atoms with Crippen LogP contribution in [0, 0.1) is 12.8 Å². The number of ether oxygens (including phenoxy) is 1. The van der Waals surface area contributed by atoms with Crippen LogP contribution in [0.5, 0.6) is 5.75 Å². The number of hydrogen-bond acceptors (Lipinski definition) is 3. The Morgan fingerprint density at radius 3 is 2.24 bits per heavy atom. The molecule has 3 aromatic rings. The summed E-state index contributed by atoms with van der Waals surface area (Å²) in [5, 5.41) is 2.94. The van der Waals surface area contributed by atoms with Crippen molar-refractivity contribution in [3.63, 3.8) is 0 Å². The summed E-state index contributed by atoms with van der Waals surface area (Å²) in [6.07, 6.45) is 0.311. The lowest BCUT2D eigenvalue weighted by atomic mass is 10.1. The van der Waals surface area contributed by atoms with Gasteiger partial charge in [0.25, 0.3) is 5.91 Å². The molecule has 0 atom stereocenters. The van der Waals surface area contributed by atoms with Crippen molar-refractivity contribution in [2.45, 2.75) is 33.7 Å². The Morgan fingerprint density at radius 1 is 0.939 bits per heavy atom. The van der Waals surface area contributed by atoms with Gasteiger partial charge in [-0.2, -0.15) is 0 Å². The van der Waals surface area contributed by atoms with Crippen LogP contribution < -0.4 is 15.0 Å². The van der Waals surface area contributed by atoms with E-state index < -0.39 is 0 Å². The number of amides is 2. The number of carbonyl (C=O) groups is 2. The summed E-state index contributed by atoms with van der Waals surface area (Å²) in [5.41, 5.74) is 4.30. The lowest BCUT2D eigenvalue weighted by Gasteiger charge is -2.24. The van der Waals surface area contributed by atoms with Crippen LogP contribution in [0.3, 0.4) is 0 Å². The van der Waals surface area contributed by atoms with Gasteiger partial charge < -0.3 is 15.0 Å². The molecule has 0 unspecified atom stereocenters. The molecule has 3 aromatic carbocycles. The van der Waals surface area contributed by atoms with E-state index in [0.29, 0.717) is 31.0 Å². The summed E-state index contributed by atoms with van der Waals surface area (Å²) in [6, 6.07) is 22.9. The number of methoxy groups -OCH3 is 1. The molecule has 5 heteroatoms. The molecule has 1 N–H and O–H groups in total. The third-order valence-electron chi connectivity index (χ3n) is 5.38. The highest BCUT2D eigenvalue weighted by atomic mass is 16.5.